The Morgan fingerprint density at radius 1 is 1.08 bits per heavy atom. The SMILES string of the molecule is C=C[C@@H](Cc1ccccc1)C(C(=O)OC)S(=O)(=O)c1ccccc1. The summed E-state index contributed by atoms with van der Waals surface area (Å²) in [7, 11) is -2.70. The minimum absolute atomic E-state index is 0.0975. The van der Waals surface area contributed by atoms with Crippen LogP contribution in [0.25, 0.3) is 0 Å². The summed E-state index contributed by atoms with van der Waals surface area (Å²) in [5, 5.41) is -1.33. The molecule has 0 radical (unpaired) electrons. The Kier molecular flexibility index (Phi) is 5.93. The van der Waals surface area contributed by atoms with E-state index in [0.717, 1.165) is 5.56 Å². The van der Waals surface area contributed by atoms with E-state index in [4.69, 9.17) is 4.74 Å². The maximum Gasteiger partial charge on any atom is 0.325 e. The number of carbonyl (C=O) groups is 1. The summed E-state index contributed by atoms with van der Waals surface area (Å²) in [6.07, 6.45) is 1.89. The van der Waals surface area contributed by atoms with Gasteiger partial charge in [-0.25, -0.2) is 8.42 Å². The molecule has 2 aromatic carbocycles. The number of ether oxygens (including phenoxy) is 1. The van der Waals surface area contributed by atoms with Crippen molar-refractivity contribution in [2.24, 2.45) is 5.92 Å². The zero-order valence-electron chi connectivity index (χ0n) is 13.5. The summed E-state index contributed by atoms with van der Waals surface area (Å²) >= 11 is 0. The quantitative estimate of drug-likeness (QED) is 0.572. The molecular formula is C19H20O4S. The van der Waals surface area contributed by atoms with Crippen molar-refractivity contribution in [2.45, 2.75) is 16.6 Å². The molecule has 0 amide bonds. The van der Waals surface area contributed by atoms with Crippen LogP contribution in [0, 0.1) is 5.92 Å². The van der Waals surface area contributed by atoms with Crippen molar-refractivity contribution in [3.05, 3.63) is 78.9 Å². The van der Waals surface area contributed by atoms with E-state index in [-0.39, 0.29) is 4.90 Å². The van der Waals surface area contributed by atoms with Crippen LogP contribution >= 0.6 is 0 Å². The van der Waals surface area contributed by atoms with Gasteiger partial charge in [0, 0.05) is 5.92 Å². The Balaban J connectivity index is 2.43. The molecule has 0 fully saturated rings. The van der Waals surface area contributed by atoms with E-state index >= 15 is 0 Å². The number of esters is 1. The number of carbonyl (C=O) groups excluding carboxylic acids is 1. The third kappa shape index (κ3) is 3.92. The molecule has 0 aliphatic carbocycles. The third-order valence-electron chi connectivity index (χ3n) is 3.85. The van der Waals surface area contributed by atoms with Gasteiger partial charge in [-0.2, -0.15) is 0 Å². The molecule has 0 saturated carbocycles. The molecule has 0 heterocycles. The minimum Gasteiger partial charge on any atom is -0.468 e. The van der Waals surface area contributed by atoms with Crippen molar-refractivity contribution in [1.82, 2.24) is 0 Å². The number of hydrogen-bond acceptors (Lipinski definition) is 4. The first-order valence-electron chi connectivity index (χ1n) is 7.54. The Hall–Kier alpha value is -2.40. The average Bonchev–Trinajstić information content (AvgIpc) is 2.62. The predicted molar refractivity (Wildman–Crippen MR) is 93.3 cm³/mol. The number of hydrogen-bond donors (Lipinski definition) is 0. The van der Waals surface area contributed by atoms with E-state index in [1.807, 2.05) is 30.3 Å². The summed E-state index contributed by atoms with van der Waals surface area (Å²) in [6, 6.07) is 17.3. The first kappa shape index (κ1) is 17.9. The number of methoxy groups -OCH3 is 1. The number of allylic oxidation sites excluding steroid dienone is 1. The third-order valence-corrected chi connectivity index (χ3v) is 5.99. The molecule has 4 nitrogen and oxygen atoms in total. The highest BCUT2D eigenvalue weighted by Gasteiger charge is 2.40. The number of rotatable bonds is 7. The molecule has 0 aromatic heterocycles. The second kappa shape index (κ2) is 7.93. The maximum absolute atomic E-state index is 13.0. The van der Waals surface area contributed by atoms with E-state index in [0.29, 0.717) is 6.42 Å². The van der Waals surface area contributed by atoms with Crippen LogP contribution in [0.5, 0.6) is 0 Å². The Morgan fingerprint density at radius 2 is 1.62 bits per heavy atom. The molecule has 0 aliphatic heterocycles. The molecule has 2 rings (SSSR count). The van der Waals surface area contributed by atoms with Crippen LogP contribution in [-0.2, 0) is 25.8 Å². The summed E-state index contributed by atoms with van der Waals surface area (Å²) in [6.45, 7) is 3.73. The van der Waals surface area contributed by atoms with Crippen LogP contribution in [0.4, 0.5) is 0 Å². The fraction of sp³-hybridized carbons (Fsp3) is 0.211. The highest BCUT2D eigenvalue weighted by molar-refractivity contribution is 7.92. The Morgan fingerprint density at radius 3 is 2.12 bits per heavy atom. The van der Waals surface area contributed by atoms with E-state index in [1.165, 1.54) is 25.3 Å². The molecule has 0 aliphatic rings. The van der Waals surface area contributed by atoms with Crippen LogP contribution in [0.2, 0.25) is 0 Å². The summed E-state index contributed by atoms with van der Waals surface area (Å²) in [5.74, 6) is -1.37. The first-order chi connectivity index (χ1) is 11.5. The molecule has 5 heteroatoms. The Labute approximate surface area is 142 Å². The van der Waals surface area contributed by atoms with Crippen LogP contribution in [0.1, 0.15) is 5.56 Å². The number of sulfone groups is 1. The van der Waals surface area contributed by atoms with Crippen molar-refractivity contribution in [1.29, 1.82) is 0 Å². The predicted octanol–water partition coefficient (Wildman–Crippen LogP) is 3.05. The Bertz CT molecular complexity index is 783. The van der Waals surface area contributed by atoms with Gasteiger partial charge in [0.15, 0.2) is 15.1 Å². The van der Waals surface area contributed by atoms with Gasteiger partial charge >= 0.3 is 5.97 Å². The normalized spacial score (nSPS) is 13.7. The molecule has 24 heavy (non-hydrogen) atoms. The van der Waals surface area contributed by atoms with Gasteiger partial charge in [0.2, 0.25) is 0 Å². The van der Waals surface area contributed by atoms with Crippen LogP contribution in [0.3, 0.4) is 0 Å². The monoisotopic (exact) mass is 344 g/mol. The van der Waals surface area contributed by atoms with Gasteiger partial charge in [-0.1, -0.05) is 54.6 Å². The molecule has 0 spiro atoms. The highest BCUT2D eigenvalue weighted by Crippen LogP contribution is 2.26. The average molecular weight is 344 g/mol. The van der Waals surface area contributed by atoms with Crippen LogP contribution in [-0.4, -0.2) is 26.7 Å². The van der Waals surface area contributed by atoms with Gasteiger partial charge in [0.05, 0.1) is 12.0 Å². The standard InChI is InChI=1S/C19H20O4S/c1-3-16(14-15-10-6-4-7-11-15)18(19(20)23-2)24(21,22)17-12-8-5-9-13-17/h3-13,16,18H,1,14H2,2H3/t16-,18?/m0/s1. The van der Waals surface area contributed by atoms with E-state index in [1.54, 1.807) is 18.2 Å². The zero-order valence-corrected chi connectivity index (χ0v) is 14.3. The topological polar surface area (TPSA) is 60.4 Å². The molecule has 126 valence electrons. The van der Waals surface area contributed by atoms with Crippen molar-refractivity contribution in [2.75, 3.05) is 7.11 Å². The van der Waals surface area contributed by atoms with E-state index in [9.17, 15) is 13.2 Å². The lowest BCUT2D eigenvalue weighted by Crippen LogP contribution is -2.38. The summed E-state index contributed by atoms with van der Waals surface area (Å²) < 4.78 is 30.7. The van der Waals surface area contributed by atoms with Gasteiger partial charge in [-0.05, 0) is 24.1 Å². The lowest BCUT2D eigenvalue weighted by molar-refractivity contribution is -0.140. The van der Waals surface area contributed by atoms with Gasteiger partial charge in [0.1, 0.15) is 0 Å². The molecule has 1 unspecified atom stereocenters. The largest absolute Gasteiger partial charge is 0.468 e. The fourth-order valence-corrected chi connectivity index (χ4v) is 4.45. The van der Waals surface area contributed by atoms with Gasteiger partial charge in [-0.3, -0.25) is 4.79 Å². The lowest BCUT2D eigenvalue weighted by atomic mass is 9.96. The van der Waals surface area contributed by atoms with Crippen LogP contribution < -0.4 is 0 Å². The van der Waals surface area contributed by atoms with Gasteiger partial charge < -0.3 is 4.74 Å². The highest BCUT2D eigenvalue weighted by atomic mass is 32.2. The van der Waals surface area contributed by atoms with Crippen molar-refractivity contribution >= 4 is 15.8 Å². The van der Waals surface area contributed by atoms with Crippen molar-refractivity contribution < 1.29 is 17.9 Å². The maximum atomic E-state index is 13.0. The molecule has 0 saturated heterocycles. The fourth-order valence-electron chi connectivity index (χ4n) is 2.60. The first-order valence-corrected chi connectivity index (χ1v) is 9.08. The minimum atomic E-state index is -3.89. The summed E-state index contributed by atoms with van der Waals surface area (Å²) in [4.78, 5) is 12.4. The smallest absolute Gasteiger partial charge is 0.325 e. The number of benzene rings is 2. The lowest BCUT2D eigenvalue weighted by Gasteiger charge is -2.23. The molecule has 0 bridgehead atoms. The van der Waals surface area contributed by atoms with Crippen molar-refractivity contribution in [3.8, 4) is 0 Å². The van der Waals surface area contributed by atoms with E-state index < -0.39 is 27.0 Å². The van der Waals surface area contributed by atoms with Crippen LogP contribution in [0.15, 0.2) is 78.2 Å². The van der Waals surface area contributed by atoms with Gasteiger partial charge in [-0.15, -0.1) is 6.58 Å². The molecule has 2 aromatic rings. The second-order valence-corrected chi connectivity index (χ2v) is 7.46. The van der Waals surface area contributed by atoms with E-state index in [2.05, 4.69) is 6.58 Å². The molecular weight excluding hydrogens is 324 g/mol. The molecule has 2 atom stereocenters. The summed E-state index contributed by atoms with van der Waals surface area (Å²) in [5.41, 5.74) is 0.930. The van der Waals surface area contributed by atoms with Gasteiger partial charge in [0.25, 0.3) is 0 Å². The second-order valence-electron chi connectivity index (χ2n) is 5.39. The van der Waals surface area contributed by atoms with Crippen molar-refractivity contribution in [3.63, 3.8) is 0 Å². The molecule has 0 N–H and O–H groups in total. The zero-order chi connectivity index (χ0) is 17.6.